The van der Waals surface area contributed by atoms with Crippen molar-refractivity contribution in [1.29, 1.82) is 0 Å². The minimum absolute atomic E-state index is 0.343. The molecule has 0 aromatic heterocycles. The van der Waals surface area contributed by atoms with Crippen LogP contribution in [0.15, 0.2) is 0 Å². The molecule has 0 aromatic carbocycles. The van der Waals surface area contributed by atoms with E-state index in [1.165, 1.54) is 77.0 Å². The topological polar surface area (TPSA) is 18.5 Å². The van der Waals surface area contributed by atoms with Crippen molar-refractivity contribution >= 4 is 0 Å². The Hall–Kier alpha value is -0.0800. The normalized spacial score (nSPS) is 15.4. The van der Waals surface area contributed by atoms with Crippen molar-refractivity contribution in [2.24, 2.45) is 5.92 Å². The fraction of sp³-hybridized carbons (Fsp3) is 1.00. The molecule has 0 amide bonds. The van der Waals surface area contributed by atoms with Gasteiger partial charge >= 0.3 is 0 Å². The summed E-state index contributed by atoms with van der Waals surface area (Å²) in [5.74, 6) is 0.205. The van der Waals surface area contributed by atoms with Gasteiger partial charge in [0, 0.05) is 26.1 Å². The Labute approximate surface area is 153 Å². The summed E-state index contributed by atoms with van der Waals surface area (Å²) in [6.45, 7) is 9.84. The monoisotopic (exact) mass is 342 g/mol. The zero-order chi connectivity index (χ0) is 18.1. The molecule has 2 atom stereocenters. The molecular weight excluding hydrogens is 296 g/mol. The molecule has 24 heavy (non-hydrogen) atoms. The molecule has 2 heteroatoms. The molecule has 0 heterocycles. The molecule has 0 aliphatic rings. The molecular formula is C22H46O2. The molecule has 0 aliphatic carbocycles. The Bertz CT molecular complexity index is 244. The third-order valence-corrected chi connectivity index (χ3v) is 5.21. The maximum absolute atomic E-state index is 6.36. The van der Waals surface area contributed by atoms with Gasteiger partial charge in [0.1, 0.15) is 0 Å². The van der Waals surface area contributed by atoms with Crippen LogP contribution in [0.25, 0.3) is 0 Å². The Kier molecular flexibility index (Phi) is 16.3. The van der Waals surface area contributed by atoms with Crippen molar-refractivity contribution < 1.29 is 9.47 Å². The van der Waals surface area contributed by atoms with Gasteiger partial charge in [0.2, 0.25) is 0 Å². The van der Waals surface area contributed by atoms with E-state index in [0.29, 0.717) is 5.92 Å². The Morgan fingerprint density at radius 3 is 1.83 bits per heavy atom. The van der Waals surface area contributed by atoms with Gasteiger partial charge in [0.15, 0.2) is 5.79 Å². The molecule has 0 bridgehead atoms. The van der Waals surface area contributed by atoms with Gasteiger partial charge in [-0.25, -0.2) is 0 Å². The van der Waals surface area contributed by atoms with Gasteiger partial charge in [-0.05, 0) is 25.7 Å². The third kappa shape index (κ3) is 10.0. The van der Waals surface area contributed by atoms with Crippen molar-refractivity contribution in [3.8, 4) is 0 Å². The number of unbranched alkanes of at least 4 members (excludes halogenated alkanes) is 7. The lowest BCUT2D eigenvalue weighted by Crippen LogP contribution is -2.43. The molecule has 0 rings (SSSR count). The number of hydrogen-bond acceptors (Lipinski definition) is 2. The molecule has 2 nitrogen and oxygen atoms in total. The number of ether oxygens (including phenoxy) is 2. The van der Waals surface area contributed by atoms with E-state index in [-0.39, 0.29) is 5.79 Å². The summed E-state index contributed by atoms with van der Waals surface area (Å²) in [4.78, 5) is 0. The average molecular weight is 343 g/mol. The molecule has 0 saturated heterocycles. The largest absolute Gasteiger partial charge is 0.353 e. The van der Waals surface area contributed by atoms with Crippen LogP contribution >= 0.6 is 0 Å². The van der Waals surface area contributed by atoms with Gasteiger partial charge in [-0.15, -0.1) is 0 Å². The van der Waals surface area contributed by atoms with Crippen LogP contribution in [0.2, 0.25) is 0 Å². The average Bonchev–Trinajstić information content (AvgIpc) is 2.61. The van der Waals surface area contributed by atoms with E-state index in [9.17, 15) is 0 Å². The minimum Gasteiger partial charge on any atom is -0.353 e. The van der Waals surface area contributed by atoms with Gasteiger partial charge in [-0.2, -0.15) is 0 Å². The third-order valence-electron chi connectivity index (χ3n) is 5.21. The second-order valence-corrected chi connectivity index (χ2v) is 7.36. The molecule has 0 aromatic rings. The lowest BCUT2D eigenvalue weighted by molar-refractivity contribution is -0.261. The second kappa shape index (κ2) is 16.4. The minimum atomic E-state index is -0.343. The van der Waals surface area contributed by atoms with Gasteiger partial charge in [0.05, 0.1) is 0 Å². The quantitative estimate of drug-likeness (QED) is 0.189. The fourth-order valence-electron chi connectivity index (χ4n) is 3.63. The lowest BCUT2D eigenvalue weighted by Gasteiger charge is -2.40. The highest BCUT2D eigenvalue weighted by Gasteiger charge is 2.38. The van der Waals surface area contributed by atoms with Crippen LogP contribution in [0.5, 0.6) is 0 Å². The number of rotatable bonds is 18. The first-order valence-corrected chi connectivity index (χ1v) is 10.9. The van der Waals surface area contributed by atoms with E-state index in [2.05, 4.69) is 27.7 Å². The first kappa shape index (κ1) is 23.9. The summed E-state index contributed by atoms with van der Waals surface area (Å²) < 4.78 is 12.4. The van der Waals surface area contributed by atoms with Gasteiger partial charge < -0.3 is 9.47 Å². The Balaban J connectivity index is 4.72. The summed E-state index contributed by atoms with van der Waals surface area (Å²) in [6, 6.07) is 0. The highest BCUT2D eigenvalue weighted by molar-refractivity contribution is 4.80. The van der Waals surface area contributed by atoms with E-state index in [4.69, 9.17) is 9.47 Å². The predicted octanol–water partition coefficient (Wildman–Crippen LogP) is 7.50. The van der Waals surface area contributed by atoms with Crippen molar-refractivity contribution in [2.45, 2.75) is 123 Å². The molecule has 0 fully saturated rings. The van der Waals surface area contributed by atoms with Crippen LogP contribution < -0.4 is 0 Å². The Morgan fingerprint density at radius 2 is 1.25 bits per heavy atom. The van der Waals surface area contributed by atoms with E-state index >= 15 is 0 Å². The van der Waals surface area contributed by atoms with Gasteiger partial charge in [-0.3, -0.25) is 0 Å². The van der Waals surface area contributed by atoms with Crippen LogP contribution in [0.4, 0.5) is 0 Å². The van der Waals surface area contributed by atoms with Gasteiger partial charge in [-0.1, -0.05) is 85.5 Å². The molecule has 0 saturated carbocycles. The molecule has 146 valence electrons. The SMILES string of the molecule is CCCCCCCCC(CCCC)C(CCCC)(OC)OCCC. The maximum atomic E-state index is 6.36. The van der Waals surface area contributed by atoms with E-state index < -0.39 is 0 Å². The lowest BCUT2D eigenvalue weighted by atomic mass is 9.84. The van der Waals surface area contributed by atoms with Crippen LogP contribution in [0.3, 0.4) is 0 Å². The van der Waals surface area contributed by atoms with E-state index in [0.717, 1.165) is 19.4 Å². The molecule has 0 spiro atoms. The molecule has 0 aliphatic heterocycles. The first-order valence-electron chi connectivity index (χ1n) is 10.9. The van der Waals surface area contributed by atoms with E-state index in [1.54, 1.807) is 0 Å². The van der Waals surface area contributed by atoms with Crippen LogP contribution in [-0.4, -0.2) is 19.5 Å². The maximum Gasteiger partial charge on any atom is 0.170 e. The fourth-order valence-corrected chi connectivity index (χ4v) is 3.63. The zero-order valence-corrected chi connectivity index (χ0v) is 17.5. The summed E-state index contributed by atoms with van der Waals surface area (Å²) >= 11 is 0. The van der Waals surface area contributed by atoms with Crippen LogP contribution in [0.1, 0.15) is 118 Å². The van der Waals surface area contributed by atoms with Crippen molar-refractivity contribution in [3.63, 3.8) is 0 Å². The second-order valence-electron chi connectivity index (χ2n) is 7.36. The summed E-state index contributed by atoms with van der Waals surface area (Å²) in [7, 11) is 1.87. The predicted molar refractivity (Wildman–Crippen MR) is 107 cm³/mol. The van der Waals surface area contributed by atoms with Crippen molar-refractivity contribution in [2.75, 3.05) is 13.7 Å². The number of hydrogen-bond donors (Lipinski definition) is 0. The Morgan fingerprint density at radius 1 is 0.667 bits per heavy atom. The highest BCUT2D eigenvalue weighted by Crippen LogP contribution is 2.36. The summed E-state index contributed by atoms with van der Waals surface area (Å²) in [5.41, 5.74) is 0. The highest BCUT2D eigenvalue weighted by atomic mass is 16.7. The smallest absolute Gasteiger partial charge is 0.170 e. The van der Waals surface area contributed by atoms with Gasteiger partial charge in [0.25, 0.3) is 0 Å². The van der Waals surface area contributed by atoms with Crippen molar-refractivity contribution in [3.05, 3.63) is 0 Å². The van der Waals surface area contributed by atoms with Crippen LogP contribution in [-0.2, 0) is 9.47 Å². The molecule has 0 N–H and O–H groups in total. The molecule has 0 radical (unpaired) electrons. The summed E-state index contributed by atoms with van der Waals surface area (Å²) in [6.07, 6.45) is 17.7. The van der Waals surface area contributed by atoms with E-state index in [1.807, 2.05) is 7.11 Å². The standard InChI is InChI=1S/C22H46O2/c1-6-10-13-14-15-16-18-21(17-11-7-2)22(23-5,19-12-8-3)24-20-9-4/h21H,6-20H2,1-5H3. The first-order chi connectivity index (χ1) is 11.7. The zero-order valence-electron chi connectivity index (χ0n) is 17.5. The number of methoxy groups -OCH3 is 1. The van der Waals surface area contributed by atoms with Crippen LogP contribution in [0, 0.1) is 5.92 Å². The van der Waals surface area contributed by atoms with Crippen molar-refractivity contribution in [1.82, 2.24) is 0 Å². The molecule has 2 unspecified atom stereocenters. The summed E-state index contributed by atoms with van der Waals surface area (Å²) in [5, 5.41) is 0.